The first-order chi connectivity index (χ1) is 12.6. The normalized spacial score (nSPS) is 13.5. The number of ether oxygens (including phenoxy) is 1. The Balaban J connectivity index is 1.36. The monoisotopic (exact) mass is 389 g/mol. The summed E-state index contributed by atoms with van der Waals surface area (Å²) in [6, 6.07) is 6.59. The molecule has 0 N–H and O–H groups in total. The minimum Gasteiger partial charge on any atom is -0.459 e. The minimum absolute atomic E-state index is 0.0286. The predicted octanol–water partition coefficient (Wildman–Crippen LogP) is 2.78. The number of carbonyl (C=O) groups is 3. The molecular formula is C17H12ClN3O4S. The third-order valence-corrected chi connectivity index (χ3v) is 5.16. The summed E-state index contributed by atoms with van der Waals surface area (Å²) < 4.78 is 6.98. The summed E-state index contributed by atoms with van der Waals surface area (Å²) in [6.45, 7) is -0.0587. The fourth-order valence-electron chi connectivity index (χ4n) is 2.80. The van der Waals surface area contributed by atoms with Gasteiger partial charge in [0.1, 0.15) is 6.61 Å². The van der Waals surface area contributed by atoms with Gasteiger partial charge in [-0.25, -0.2) is 4.98 Å². The van der Waals surface area contributed by atoms with Crippen LogP contribution >= 0.6 is 22.9 Å². The lowest BCUT2D eigenvalue weighted by Crippen LogP contribution is -2.32. The maximum absolute atomic E-state index is 12.3. The topological polar surface area (TPSA) is 81.0 Å². The van der Waals surface area contributed by atoms with Crippen LogP contribution in [0.25, 0.3) is 4.96 Å². The molecule has 0 saturated carbocycles. The summed E-state index contributed by atoms with van der Waals surface area (Å²) in [7, 11) is 0. The van der Waals surface area contributed by atoms with Gasteiger partial charge >= 0.3 is 5.97 Å². The van der Waals surface area contributed by atoms with Crippen molar-refractivity contribution in [1.82, 2.24) is 14.3 Å². The highest BCUT2D eigenvalue weighted by atomic mass is 35.5. The molecular weight excluding hydrogens is 378 g/mol. The van der Waals surface area contributed by atoms with Crippen LogP contribution in [-0.4, -0.2) is 38.6 Å². The average Bonchev–Trinajstić information content (AvgIpc) is 3.26. The lowest BCUT2D eigenvalue weighted by atomic mass is 10.1. The number of thiazole rings is 1. The number of fused-ring (bicyclic) bond motifs is 2. The van der Waals surface area contributed by atoms with Gasteiger partial charge in [0.25, 0.3) is 11.8 Å². The number of aromatic nitrogens is 2. The number of benzene rings is 1. The molecule has 0 aliphatic carbocycles. The van der Waals surface area contributed by atoms with Crippen molar-refractivity contribution in [3.63, 3.8) is 0 Å². The number of halogens is 1. The molecule has 26 heavy (non-hydrogen) atoms. The van der Waals surface area contributed by atoms with Gasteiger partial charge in [-0.2, -0.15) is 0 Å². The zero-order chi connectivity index (χ0) is 18.3. The number of hydrogen-bond acceptors (Lipinski definition) is 6. The molecule has 0 fully saturated rings. The first-order valence-electron chi connectivity index (χ1n) is 7.77. The van der Waals surface area contributed by atoms with E-state index >= 15 is 0 Å². The fraction of sp³-hybridized carbons (Fsp3) is 0.176. The van der Waals surface area contributed by atoms with Gasteiger partial charge in [0.15, 0.2) is 10.1 Å². The number of imide groups is 1. The quantitative estimate of drug-likeness (QED) is 0.495. The summed E-state index contributed by atoms with van der Waals surface area (Å²) in [6.07, 6.45) is 1.70. The summed E-state index contributed by atoms with van der Waals surface area (Å²) in [5.74, 6) is -1.31. The van der Waals surface area contributed by atoms with Crippen molar-refractivity contribution >= 4 is 45.7 Å². The molecule has 0 spiro atoms. The third kappa shape index (κ3) is 2.77. The number of esters is 1. The summed E-state index contributed by atoms with van der Waals surface area (Å²) in [4.78, 5) is 42.5. The second-order valence-corrected chi connectivity index (χ2v) is 6.85. The molecule has 3 aromatic rings. The van der Waals surface area contributed by atoms with Crippen LogP contribution in [0.1, 0.15) is 32.8 Å². The number of hydrogen-bond donors (Lipinski definition) is 0. The molecule has 0 bridgehead atoms. The van der Waals surface area contributed by atoms with Crippen molar-refractivity contribution in [3.05, 3.63) is 57.8 Å². The molecule has 2 amide bonds. The minimum atomic E-state index is -0.525. The first-order valence-corrected chi connectivity index (χ1v) is 9.03. The van der Waals surface area contributed by atoms with E-state index in [2.05, 4.69) is 4.98 Å². The van der Waals surface area contributed by atoms with Crippen molar-refractivity contribution in [1.29, 1.82) is 0 Å². The molecule has 9 heteroatoms. The van der Waals surface area contributed by atoms with Gasteiger partial charge in [-0.1, -0.05) is 23.7 Å². The van der Waals surface area contributed by atoms with E-state index in [1.807, 2.05) is 5.38 Å². The molecule has 4 rings (SSSR count). The van der Waals surface area contributed by atoms with Gasteiger partial charge in [0.05, 0.1) is 23.2 Å². The lowest BCUT2D eigenvalue weighted by molar-refractivity contribution is -0.145. The van der Waals surface area contributed by atoms with Crippen molar-refractivity contribution in [2.24, 2.45) is 0 Å². The molecule has 1 aromatic carbocycles. The molecule has 3 heterocycles. The smallest absolute Gasteiger partial charge is 0.307 e. The van der Waals surface area contributed by atoms with Gasteiger partial charge in [0.2, 0.25) is 0 Å². The Morgan fingerprint density at radius 1 is 1.19 bits per heavy atom. The standard InChI is InChI=1S/C17H12ClN3O4S/c18-14-12(20-7-8-26-17(20)19-14)9-25-13(22)5-6-21-15(23)10-3-1-2-4-11(10)16(21)24/h1-4,7-8H,5-6,9H2. The van der Waals surface area contributed by atoms with Crippen molar-refractivity contribution in [2.75, 3.05) is 6.54 Å². The van der Waals surface area contributed by atoms with E-state index < -0.39 is 17.8 Å². The van der Waals surface area contributed by atoms with E-state index in [9.17, 15) is 14.4 Å². The number of nitrogens with zero attached hydrogens (tertiary/aromatic N) is 3. The van der Waals surface area contributed by atoms with Crippen LogP contribution in [0.4, 0.5) is 0 Å². The van der Waals surface area contributed by atoms with Crippen molar-refractivity contribution < 1.29 is 19.1 Å². The predicted molar refractivity (Wildman–Crippen MR) is 94.3 cm³/mol. The van der Waals surface area contributed by atoms with Gasteiger partial charge in [-0.15, -0.1) is 11.3 Å². The second-order valence-electron chi connectivity index (χ2n) is 5.62. The van der Waals surface area contributed by atoms with E-state index in [4.69, 9.17) is 16.3 Å². The fourth-order valence-corrected chi connectivity index (χ4v) is 3.81. The maximum Gasteiger partial charge on any atom is 0.307 e. The van der Waals surface area contributed by atoms with Crippen LogP contribution in [0.3, 0.4) is 0 Å². The Hall–Kier alpha value is -2.71. The van der Waals surface area contributed by atoms with E-state index in [0.29, 0.717) is 21.8 Å². The van der Waals surface area contributed by atoms with E-state index in [1.165, 1.54) is 11.3 Å². The largest absolute Gasteiger partial charge is 0.459 e. The average molecular weight is 390 g/mol. The maximum atomic E-state index is 12.3. The Morgan fingerprint density at radius 2 is 1.88 bits per heavy atom. The van der Waals surface area contributed by atoms with Crippen LogP contribution in [-0.2, 0) is 16.1 Å². The summed E-state index contributed by atoms with van der Waals surface area (Å²) in [5.41, 5.74) is 1.30. The highest BCUT2D eigenvalue weighted by Gasteiger charge is 2.35. The van der Waals surface area contributed by atoms with Crippen LogP contribution in [0, 0.1) is 0 Å². The Kier molecular flexibility index (Phi) is 4.21. The van der Waals surface area contributed by atoms with Crippen molar-refractivity contribution in [3.8, 4) is 0 Å². The Labute approximate surface area is 156 Å². The first kappa shape index (κ1) is 16.7. The number of imidazole rings is 1. The molecule has 0 radical (unpaired) electrons. The summed E-state index contributed by atoms with van der Waals surface area (Å²) in [5, 5.41) is 2.14. The molecule has 1 aliphatic heterocycles. The van der Waals surface area contributed by atoms with Crippen LogP contribution in [0.5, 0.6) is 0 Å². The molecule has 0 saturated heterocycles. The number of carbonyl (C=O) groups excluding carboxylic acids is 3. The van der Waals surface area contributed by atoms with Crippen LogP contribution in [0.2, 0.25) is 5.15 Å². The van der Waals surface area contributed by atoms with Gasteiger partial charge in [-0.3, -0.25) is 23.7 Å². The van der Waals surface area contributed by atoms with E-state index in [-0.39, 0.29) is 24.7 Å². The van der Waals surface area contributed by atoms with Gasteiger partial charge < -0.3 is 4.74 Å². The Morgan fingerprint density at radius 3 is 2.58 bits per heavy atom. The van der Waals surface area contributed by atoms with E-state index in [1.54, 1.807) is 34.9 Å². The van der Waals surface area contributed by atoms with Gasteiger partial charge in [0, 0.05) is 18.1 Å². The lowest BCUT2D eigenvalue weighted by Gasteiger charge is -2.13. The molecule has 2 aromatic heterocycles. The molecule has 1 aliphatic rings. The summed E-state index contributed by atoms with van der Waals surface area (Å²) >= 11 is 7.47. The Bertz CT molecular complexity index is 1010. The number of rotatable bonds is 5. The van der Waals surface area contributed by atoms with Crippen molar-refractivity contribution in [2.45, 2.75) is 13.0 Å². The SMILES string of the molecule is O=C(CCN1C(=O)c2ccccc2C1=O)OCc1c(Cl)nc2sccn12. The van der Waals surface area contributed by atoms with Crippen LogP contribution in [0.15, 0.2) is 35.8 Å². The molecule has 0 atom stereocenters. The number of amides is 2. The zero-order valence-electron chi connectivity index (χ0n) is 13.3. The van der Waals surface area contributed by atoms with Crippen LogP contribution < -0.4 is 0 Å². The van der Waals surface area contributed by atoms with E-state index in [0.717, 1.165) is 4.90 Å². The highest BCUT2D eigenvalue weighted by Crippen LogP contribution is 2.23. The molecule has 0 unspecified atom stereocenters. The molecule has 132 valence electrons. The zero-order valence-corrected chi connectivity index (χ0v) is 14.9. The highest BCUT2D eigenvalue weighted by molar-refractivity contribution is 7.15. The molecule has 7 nitrogen and oxygen atoms in total. The van der Waals surface area contributed by atoms with Gasteiger partial charge in [-0.05, 0) is 12.1 Å². The second kappa shape index (κ2) is 6.54. The third-order valence-electron chi connectivity index (χ3n) is 4.10.